The number of benzene rings is 2. The standard InChI is InChI=1S/C21H27NO2/c23-20(16-22-14-6-1-2-7-15-22)17-24-21-12-10-19(11-13-21)18-8-4-3-5-9-18/h3-5,8-13,20,23H,1-2,6-7,14-17H2/t20-/m1/s1. The molecule has 2 aromatic carbocycles. The molecule has 1 fully saturated rings. The van der Waals surface area contributed by atoms with Gasteiger partial charge in [-0.25, -0.2) is 0 Å². The van der Waals surface area contributed by atoms with Crippen molar-refractivity contribution >= 4 is 0 Å². The highest BCUT2D eigenvalue weighted by Gasteiger charge is 2.14. The lowest BCUT2D eigenvalue weighted by molar-refractivity contribution is 0.0694. The first-order chi connectivity index (χ1) is 11.8. The van der Waals surface area contributed by atoms with E-state index in [0.29, 0.717) is 13.2 Å². The van der Waals surface area contributed by atoms with Crippen molar-refractivity contribution in [2.75, 3.05) is 26.2 Å². The number of aliphatic hydroxyl groups is 1. The number of likely N-dealkylation sites (tertiary alicyclic amines) is 1. The van der Waals surface area contributed by atoms with Crippen LogP contribution in [0, 0.1) is 0 Å². The summed E-state index contributed by atoms with van der Waals surface area (Å²) in [7, 11) is 0. The van der Waals surface area contributed by atoms with E-state index in [0.717, 1.165) is 18.8 Å². The molecule has 0 aliphatic carbocycles. The third-order valence-corrected chi connectivity index (χ3v) is 4.57. The number of hydrogen-bond acceptors (Lipinski definition) is 3. The maximum absolute atomic E-state index is 10.2. The molecular weight excluding hydrogens is 298 g/mol. The van der Waals surface area contributed by atoms with Gasteiger partial charge >= 0.3 is 0 Å². The van der Waals surface area contributed by atoms with E-state index in [1.807, 2.05) is 30.3 Å². The molecule has 1 heterocycles. The zero-order valence-electron chi connectivity index (χ0n) is 14.2. The molecule has 1 aliphatic rings. The van der Waals surface area contributed by atoms with Gasteiger partial charge in [-0.3, -0.25) is 0 Å². The van der Waals surface area contributed by atoms with Gasteiger partial charge in [0.25, 0.3) is 0 Å². The monoisotopic (exact) mass is 325 g/mol. The SMILES string of the molecule is O[C@@H](COc1ccc(-c2ccccc2)cc1)CN1CCCCCC1. The lowest BCUT2D eigenvalue weighted by Crippen LogP contribution is -2.36. The third-order valence-electron chi connectivity index (χ3n) is 4.57. The van der Waals surface area contributed by atoms with Crippen molar-refractivity contribution in [3.63, 3.8) is 0 Å². The zero-order valence-corrected chi connectivity index (χ0v) is 14.2. The maximum atomic E-state index is 10.2. The Hall–Kier alpha value is -1.84. The number of rotatable bonds is 6. The van der Waals surface area contributed by atoms with Crippen LogP contribution in [0.25, 0.3) is 11.1 Å². The first kappa shape index (κ1) is 17.0. The van der Waals surface area contributed by atoms with Crippen molar-refractivity contribution in [1.29, 1.82) is 0 Å². The van der Waals surface area contributed by atoms with Crippen LogP contribution in [0.4, 0.5) is 0 Å². The average molecular weight is 325 g/mol. The first-order valence-electron chi connectivity index (χ1n) is 9.00. The van der Waals surface area contributed by atoms with E-state index < -0.39 is 6.10 Å². The predicted octanol–water partition coefficient (Wildman–Crippen LogP) is 3.97. The lowest BCUT2D eigenvalue weighted by Gasteiger charge is -2.23. The van der Waals surface area contributed by atoms with Crippen LogP contribution in [0.15, 0.2) is 54.6 Å². The topological polar surface area (TPSA) is 32.7 Å². The van der Waals surface area contributed by atoms with E-state index in [2.05, 4.69) is 29.2 Å². The number of nitrogens with zero attached hydrogens (tertiary/aromatic N) is 1. The molecule has 3 rings (SSSR count). The van der Waals surface area contributed by atoms with Crippen molar-refractivity contribution in [2.45, 2.75) is 31.8 Å². The van der Waals surface area contributed by atoms with Gasteiger partial charge in [-0.2, -0.15) is 0 Å². The van der Waals surface area contributed by atoms with Crippen LogP contribution < -0.4 is 4.74 Å². The summed E-state index contributed by atoms with van der Waals surface area (Å²) in [5, 5.41) is 10.2. The summed E-state index contributed by atoms with van der Waals surface area (Å²) in [6.07, 6.45) is 4.69. The Morgan fingerprint density at radius 2 is 1.46 bits per heavy atom. The Morgan fingerprint density at radius 3 is 2.12 bits per heavy atom. The van der Waals surface area contributed by atoms with Crippen LogP contribution in [0.3, 0.4) is 0 Å². The molecular formula is C21H27NO2. The van der Waals surface area contributed by atoms with Gasteiger partial charge in [0.15, 0.2) is 0 Å². The second kappa shape index (κ2) is 8.86. The first-order valence-corrected chi connectivity index (χ1v) is 9.00. The van der Waals surface area contributed by atoms with Gasteiger partial charge in [-0.05, 0) is 49.2 Å². The van der Waals surface area contributed by atoms with E-state index in [4.69, 9.17) is 4.74 Å². The van der Waals surface area contributed by atoms with Crippen molar-refractivity contribution in [3.05, 3.63) is 54.6 Å². The van der Waals surface area contributed by atoms with Gasteiger partial charge in [0.1, 0.15) is 18.5 Å². The molecule has 0 aromatic heterocycles. The van der Waals surface area contributed by atoms with Crippen LogP contribution in [-0.4, -0.2) is 42.4 Å². The normalized spacial score (nSPS) is 17.2. The highest BCUT2D eigenvalue weighted by atomic mass is 16.5. The minimum Gasteiger partial charge on any atom is -0.491 e. The molecule has 3 heteroatoms. The summed E-state index contributed by atoms with van der Waals surface area (Å²) < 4.78 is 5.75. The van der Waals surface area contributed by atoms with E-state index in [9.17, 15) is 5.11 Å². The average Bonchev–Trinajstić information content (AvgIpc) is 2.90. The Labute approximate surface area is 144 Å². The summed E-state index contributed by atoms with van der Waals surface area (Å²) in [5.41, 5.74) is 2.37. The van der Waals surface area contributed by atoms with Gasteiger partial charge in [0.2, 0.25) is 0 Å². The highest BCUT2D eigenvalue weighted by molar-refractivity contribution is 5.63. The van der Waals surface area contributed by atoms with Crippen LogP contribution in [0.2, 0.25) is 0 Å². The lowest BCUT2D eigenvalue weighted by atomic mass is 10.1. The molecule has 0 spiro atoms. The number of ether oxygens (including phenoxy) is 1. The van der Waals surface area contributed by atoms with Crippen LogP contribution in [0.5, 0.6) is 5.75 Å². The second-order valence-corrected chi connectivity index (χ2v) is 6.57. The number of β-amino-alcohol motifs (C(OH)–C–C–N with tert-alkyl or cyclic N) is 1. The van der Waals surface area contributed by atoms with Gasteiger partial charge in [0, 0.05) is 6.54 Å². The molecule has 1 N–H and O–H groups in total. The molecule has 1 atom stereocenters. The predicted molar refractivity (Wildman–Crippen MR) is 98.3 cm³/mol. The summed E-state index contributed by atoms with van der Waals surface area (Å²) >= 11 is 0. The quantitative estimate of drug-likeness (QED) is 0.872. The Morgan fingerprint density at radius 1 is 0.833 bits per heavy atom. The number of hydrogen-bond donors (Lipinski definition) is 1. The van der Waals surface area contributed by atoms with Crippen molar-refractivity contribution < 1.29 is 9.84 Å². The van der Waals surface area contributed by atoms with E-state index in [1.165, 1.54) is 36.8 Å². The fourth-order valence-electron chi connectivity index (χ4n) is 3.24. The highest BCUT2D eigenvalue weighted by Crippen LogP contribution is 2.22. The minimum atomic E-state index is -0.433. The zero-order chi connectivity index (χ0) is 16.6. The van der Waals surface area contributed by atoms with Crippen molar-refractivity contribution in [1.82, 2.24) is 4.90 Å². The summed E-state index contributed by atoms with van der Waals surface area (Å²) in [6, 6.07) is 18.4. The summed E-state index contributed by atoms with van der Waals surface area (Å²) in [6.45, 7) is 3.26. The molecule has 0 unspecified atom stereocenters. The van der Waals surface area contributed by atoms with Gasteiger partial charge in [0.05, 0.1) is 0 Å². The molecule has 128 valence electrons. The van der Waals surface area contributed by atoms with Crippen LogP contribution in [-0.2, 0) is 0 Å². The van der Waals surface area contributed by atoms with Gasteiger partial charge in [-0.1, -0.05) is 55.3 Å². The largest absolute Gasteiger partial charge is 0.491 e. The third kappa shape index (κ3) is 5.08. The maximum Gasteiger partial charge on any atom is 0.119 e. The minimum absolute atomic E-state index is 0.348. The van der Waals surface area contributed by atoms with E-state index >= 15 is 0 Å². The molecule has 2 aromatic rings. The molecule has 0 amide bonds. The molecule has 0 bridgehead atoms. The molecule has 24 heavy (non-hydrogen) atoms. The molecule has 0 saturated carbocycles. The fraction of sp³-hybridized carbons (Fsp3) is 0.429. The van der Waals surface area contributed by atoms with Gasteiger partial charge < -0.3 is 14.7 Å². The molecule has 3 nitrogen and oxygen atoms in total. The van der Waals surface area contributed by atoms with E-state index in [1.54, 1.807) is 0 Å². The Bertz CT molecular complexity index is 589. The van der Waals surface area contributed by atoms with Crippen molar-refractivity contribution in [3.8, 4) is 16.9 Å². The van der Waals surface area contributed by atoms with Gasteiger partial charge in [-0.15, -0.1) is 0 Å². The smallest absolute Gasteiger partial charge is 0.119 e. The fourth-order valence-corrected chi connectivity index (χ4v) is 3.24. The Balaban J connectivity index is 1.47. The number of aliphatic hydroxyl groups excluding tert-OH is 1. The molecule has 1 saturated heterocycles. The Kier molecular flexibility index (Phi) is 6.27. The van der Waals surface area contributed by atoms with Crippen LogP contribution >= 0.6 is 0 Å². The summed E-state index contributed by atoms with van der Waals surface area (Å²) in [5.74, 6) is 0.810. The second-order valence-electron chi connectivity index (χ2n) is 6.57. The van der Waals surface area contributed by atoms with Crippen molar-refractivity contribution in [2.24, 2.45) is 0 Å². The van der Waals surface area contributed by atoms with E-state index in [-0.39, 0.29) is 0 Å². The molecule has 0 radical (unpaired) electrons. The van der Waals surface area contributed by atoms with Crippen LogP contribution in [0.1, 0.15) is 25.7 Å². The molecule has 1 aliphatic heterocycles. The summed E-state index contributed by atoms with van der Waals surface area (Å²) in [4.78, 5) is 2.36.